The molecule has 0 atom stereocenters. The van der Waals surface area contributed by atoms with E-state index in [9.17, 15) is 9.59 Å². The Morgan fingerprint density at radius 1 is 0.972 bits per heavy atom. The third kappa shape index (κ3) is 6.36. The topological polar surface area (TPSA) is 77.1 Å². The first-order valence-electron chi connectivity index (χ1n) is 12.0. The molecule has 0 unspecified atom stereocenters. The highest BCUT2D eigenvalue weighted by Gasteiger charge is 2.26. The van der Waals surface area contributed by atoms with Gasteiger partial charge in [0, 0.05) is 5.69 Å². The molecular weight excluding hydrogens is 456 g/mol. The Morgan fingerprint density at radius 3 is 2.33 bits per heavy atom. The van der Waals surface area contributed by atoms with Gasteiger partial charge >= 0.3 is 0 Å². The van der Waals surface area contributed by atoms with Crippen LogP contribution in [-0.2, 0) is 15.0 Å². The van der Waals surface area contributed by atoms with E-state index in [4.69, 9.17) is 14.2 Å². The SMILES string of the molecule is Cc1ccc(OCC(=O)Nc2ccc3c(c2)N(CCOc2ccc(C(C)(C)C)cc2)C(=O)CO3)cc1. The Kier molecular flexibility index (Phi) is 7.48. The van der Waals surface area contributed by atoms with Crippen molar-refractivity contribution in [1.29, 1.82) is 0 Å². The number of rotatable bonds is 8. The molecule has 1 aliphatic rings. The second-order valence-corrected chi connectivity index (χ2v) is 9.79. The van der Waals surface area contributed by atoms with E-state index in [2.05, 4.69) is 38.2 Å². The molecule has 4 rings (SSSR count). The largest absolute Gasteiger partial charge is 0.492 e. The smallest absolute Gasteiger partial charge is 0.265 e. The van der Waals surface area contributed by atoms with Crippen molar-refractivity contribution >= 4 is 23.2 Å². The normalized spacial score (nSPS) is 13.0. The van der Waals surface area contributed by atoms with Gasteiger partial charge in [0.25, 0.3) is 11.8 Å². The molecule has 3 aromatic rings. The maximum Gasteiger partial charge on any atom is 0.265 e. The maximum atomic E-state index is 12.6. The first-order chi connectivity index (χ1) is 17.2. The zero-order chi connectivity index (χ0) is 25.7. The summed E-state index contributed by atoms with van der Waals surface area (Å²) in [4.78, 5) is 26.6. The predicted molar refractivity (Wildman–Crippen MR) is 140 cm³/mol. The molecule has 36 heavy (non-hydrogen) atoms. The van der Waals surface area contributed by atoms with E-state index in [0.717, 1.165) is 11.3 Å². The average Bonchev–Trinajstić information content (AvgIpc) is 2.85. The van der Waals surface area contributed by atoms with Crippen LogP contribution in [0.2, 0.25) is 0 Å². The van der Waals surface area contributed by atoms with Gasteiger partial charge in [0.05, 0.1) is 12.2 Å². The zero-order valence-electron chi connectivity index (χ0n) is 21.2. The van der Waals surface area contributed by atoms with Gasteiger partial charge in [-0.3, -0.25) is 9.59 Å². The predicted octanol–water partition coefficient (Wildman–Crippen LogP) is 5.11. The number of fused-ring (bicyclic) bond motifs is 1. The molecule has 7 nitrogen and oxygen atoms in total. The van der Waals surface area contributed by atoms with Gasteiger partial charge in [-0.15, -0.1) is 0 Å². The van der Waals surface area contributed by atoms with Crippen LogP contribution < -0.4 is 24.4 Å². The molecule has 0 spiro atoms. The highest BCUT2D eigenvalue weighted by Crippen LogP contribution is 2.34. The summed E-state index contributed by atoms with van der Waals surface area (Å²) in [6, 6.07) is 20.7. The van der Waals surface area contributed by atoms with Crippen molar-refractivity contribution in [2.75, 3.05) is 36.6 Å². The minimum Gasteiger partial charge on any atom is -0.492 e. The number of carbonyl (C=O) groups is 2. The number of anilines is 2. The summed E-state index contributed by atoms with van der Waals surface area (Å²) < 4.78 is 17.0. The number of nitrogens with one attached hydrogen (secondary N) is 1. The van der Waals surface area contributed by atoms with Crippen molar-refractivity contribution in [3.05, 3.63) is 77.9 Å². The van der Waals surface area contributed by atoms with Crippen LogP contribution in [0.3, 0.4) is 0 Å². The Balaban J connectivity index is 1.36. The molecule has 1 N–H and O–H groups in total. The van der Waals surface area contributed by atoms with Gasteiger partial charge < -0.3 is 24.4 Å². The number of amides is 2. The quantitative estimate of drug-likeness (QED) is 0.477. The molecular formula is C29H32N2O5. The maximum absolute atomic E-state index is 12.6. The standard InChI is InChI=1S/C29H32N2O5/c1-20-5-10-24(11-6-20)35-18-27(32)30-22-9-14-26-25(17-22)31(28(33)19-36-26)15-16-34-23-12-7-21(8-13-23)29(2,3)4/h5-14,17H,15-16,18-19H2,1-4H3,(H,30,32). The fourth-order valence-corrected chi connectivity index (χ4v) is 3.81. The number of benzene rings is 3. The third-order valence-corrected chi connectivity index (χ3v) is 5.88. The molecule has 0 aromatic heterocycles. The zero-order valence-corrected chi connectivity index (χ0v) is 21.2. The van der Waals surface area contributed by atoms with E-state index in [1.807, 2.05) is 43.3 Å². The lowest BCUT2D eigenvalue weighted by Crippen LogP contribution is -2.41. The fourth-order valence-electron chi connectivity index (χ4n) is 3.81. The van der Waals surface area contributed by atoms with Crippen LogP contribution in [0.4, 0.5) is 11.4 Å². The van der Waals surface area contributed by atoms with E-state index < -0.39 is 0 Å². The minimum atomic E-state index is -0.299. The first-order valence-corrected chi connectivity index (χ1v) is 12.0. The molecule has 3 aromatic carbocycles. The summed E-state index contributed by atoms with van der Waals surface area (Å²) >= 11 is 0. The second kappa shape index (κ2) is 10.7. The molecule has 0 fully saturated rings. The molecule has 7 heteroatoms. The summed E-state index contributed by atoms with van der Waals surface area (Å²) in [6.45, 7) is 8.99. The van der Waals surface area contributed by atoms with Crippen molar-refractivity contribution in [2.45, 2.75) is 33.1 Å². The van der Waals surface area contributed by atoms with E-state index in [-0.39, 0.29) is 30.4 Å². The van der Waals surface area contributed by atoms with Crippen molar-refractivity contribution in [1.82, 2.24) is 0 Å². The molecule has 0 saturated heterocycles. The van der Waals surface area contributed by atoms with Crippen LogP contribution in [0.25, 0.3) is 0 Å². The fraction of sp³-hybridized carbons (Fsp3) is 0.310. The van der Waals surface area contributed by atoms with Gasteiger partial charge in [0.2, 0.25) is 0 Å². The Labute approximate surface area is 212 Å². The number of ether oxygens (including phenoxy) is 3. The summed E-state index contributed by atoms with van der Waals surface area (Å²) in [5.74, 6) is 1.49. The van der Waals surface area contributed by atoms with E-state index in [1.54, 1.807) is 23.1 Å². The monoisotopic (exact) mass is 488 g/mol. The molecule has 1 aliphatic heterocycles. The van der Waals surface area contributed by atoms with E-state index in [1.165, 1.54) is 5.56 Å². The van der Waals surface area contributed by atoms with Gasteiger partial charge in [0.1, 0.15) is 23.9 Å². The summed E-state index contributed by atoms with van der Waals surface area (Å²) in [6.07, 6.45) is 0. The Bertz CT molecular complexity index is 1210. The molecule has 1 heterocycles. The van der Waals surface area contributed by atoms with Crippen LogP contribution in [0.1, 0.15) is 31.9 Å². The Morgan fingerprint density at radius 2 is 1.64 bits per heavy atom. The summed E-state index contributed by atoms with van der Waals surface area (Å²) in [5, 5.41) is 2.82. The highest BCUT2D eigenvalue weighted by molar-refractivity contribution is 5.99. The lowest BCUT2D eigenvalue weighted by atomic mass is 9.87. The van der Waals surface area contributed by atoms with Gasteiger partial charge in [0.15, 0.2) is 13.2 Å². The third-order valence-electron chi connectivity index (χ3n) is 5.88. The van der Waals surface area contributed by atoms with E-state index >= 15 is 0 Å². The number of hydrogen-bond acceptors (Lipinski definition) is 5. The first kappa shape index (κ1) is 25.1. The van der Waals surface area contributed by atoms with E-state index in [0.29, 0.717) is 36.0 Å². The average molecular weight is 489 g/mol. The van der Waals surface area contributed by atoms with Crippen molar-refractivity contribution < 1.29 is 23.8 Å². The number of carbonyl (C=O) groups excluding carboxylic acids is 2. The number of aryl methyl sites for hydroxylation is 1. The molecule has 2 amide bonds. The van der Waals surface area contributed by atoms with Gasteiger partial charge in [-0.1, -0.05) is 50.6 Å². The minimum absolute atomic E-state index is 0.0383. The van der Waals surface area contributed by atoms with Gasteiger partial charge in [-0.05, 0) is 60.4 Å². The second-order valence-electron chi connectivity index (χ2n) is 9.79. The van der Waals surface area contributed by atoms with Crippen LogP contribution in [-0.4, -0.2) is 38.2 Å². The molecule has 0 aliphatic carbocycles. The number of nitrogens with zero attached hydrogens (tertiary/aromatic N) is 1. The molecule has 188 valence electrons. The van der Waals surface area contributed by atoms with Crippen molar-refractivity contribution in [3.63, 3.8) is 0 Å². The van der Waals surface area contributed by atoms with Crippen LogP contribution in [0.15, 0.2) is 66.7 Å². The Hall–Kier alpha value is -4.00. The van der Waals surface area contributed by atoms with Gasteiger partial charge in [-0.25, -0.2) is 0 Å². The van der Waals surface area contributed by atoms with Crippen LogP contribution in [0.5, 0.6) is 17.2 Å². The molecule has 0 saturated carbocycles. The summed E-state index contributed by atoms with van der Waals surface area (Å²) in [5.41, 5.74) is 3.56. The molecule has 0 bridgehead atoms. The lowest BCUT2D eigenvalue weighted by molar-refractivity contribution is -0.121. The number of hydrogen-bond donors (Lipinski definition) is 1. The highest BCUT2D eigenvalue weighted by atomic mass is 16.5. The lowest BCUT2D eigenvalue weighted by Gasteiger charge is -2.29. The molecule has 0 radical (unpaired) electrons. The van der Waals surface area contributed by atoms with Gasteiger partial charge in [-0.2, -0.15) is 0 Å². The van der Waals surface area contributed by atoms with Crippen molar-refractivity contribution in [2.24, 2.45) is 0 Å². The van der Waals surface area contributed by atoms with Crippen molar-refractivity contribution in [3.8, 4) is 17.2 Å². The van der Waals surface area contributed by atoms with Crippen LogP contribution in [0, 0.1) is 6.92 Å². The summed E-state index contributed by atoms with van der Waals surface area (Å²) in [7, 11) is 0. The van der Waals surface area contributed by atoms with Crippen LogP contribution >= 0.6 is 0 Å².